The minimum Gasteiger partial charge on any atom is -0.308 e. The predicted molar refractivity (Wildman–Crippen MR) is 78.7 cm³/mol. The monoisotopic (exact) mass is 332 g/mol. The van der Waals surface area contributed by atoms with Gasteiger partial charge in [-0.25, -0.2) is 0 Å². The van der Waals surface area contributed by atoms with Crippen molar-refractivity contribution in [2.45, 2.75) is 25.9 Å². The molecule has 1 N–H and O–H groups in total. The van der Waals surface area contributed by atoms with E-state index in [0.29, 0.717) is 12.1 Å². The maximum absolute atomic E-state index is 3.60. The molecule has 0 amide bonds. The molecule has 0 saturated heterocycles. The normalized spacial score (nSPS) is 15.1. The van der Waals surface area contributed by atoms with Crippen LogP contribution in [0.5, 0.6) is 0 Å². The van der Waals surface area contributed by atoms with Crippen molar-refractivity contribution < 1.29 is 0 Å². The standard InChI is InChI=1S/C13H21IN2/c1-10(9-16(3)4)15-11(2)12-5-7-13(14)8-6-12/h5-8,10-11,15H,9H2,1-4H3. The van der Waals surface area contributed by atoms with Crippen molar-refractivity contribution in [1.82, 2.24) is 10.2 Å². The molecule has 90 valence electrons. The Morgan fingerprint density at radius 3 is 2.25 bits per heavy atom. The Morgan fingerprint density at radius 1 is 1.19 bits per heavy atom. The molecule has 0 aliphatic heterocycles. The number of hydrogen-bond donors (Lipinski definition) is 1. The van der Waals surface area contributed by atoms with Crippen molar-refractivity contribution in [3.8, 4) is 0 Å². The highest BCUT2D eigenvalue weighted by Crippen LogP contribution is 2.15. The lowest BCUT2D eigenvalue weighted by Gasteiger charge is -2.23. The highest BCUT2D eigenvalue weighted by molar-refractivity contribution is 14.1. The van der Waals surface area contributed by atoms with Crippen molar-refractivity contribution in [2.75, 3.05) is 20.6 Å². The number of rotatable bonds is 5. The minimum atomic E-state index is 0.409. The fourth-order valence-electron chi connectivity index (χ4n) is 1.87. The Labute approximate surface area is 113 Å². The second kappa shape index (κ2) is 6.57. The molecule has 0 spiro atoms. The van der Waals surface area contributed by atoms with Gasteiger partial charge < -0.3 is 10.2 Å². The van der Waals surface area contributed by atoms with Gasteiger partial charge in [0.05, 0.1) is 0 Å². The lowest BCUT2D eigenvalue weighted by molar-refractivity contribution is 0.334. The van der Waals surface area contributed by atoms with E-state index in [1.54, 1.807) is 0 Å². The van der Waals surface area contributed by atoms with Crippen LogP contribution in [-0.2, 0) is 0 Å². The van der Waals surface area contributed by atoms with Crippen LogP contribution >= 0.6 is 22.6 Å². The summed E-state index contributed by atoms with van der Waals surface area (Å²) in [6.07, 6.45) is 0. The molecular weight excluding hydrogens is 311 g/mol. The average molecular weight is 332 g/mol. The summed E-state index contributed by atoms with van der Waals surface area (Å²) in [6.45, 7) is 5.51. The van der Waals surface area contributed by atoms with Gasteiger partial charge >= 0.3 is 0 Å². The summed E-state index contributed by atoms with van der Waals surface area (Å²) in [5.41, 5.74) is 1.35. The molecule has 0 saturated carbocycles. The summed E-state index contributed by atoms with van der Waals surface area (Å²) in [6, 6.07) is 9.62. The lowest BCUT2D eigenvalue weighted by atomic mass is 10.1. The summed E-state index contributed by atoms with van der Waals surface area (Å²) < 4.78 is 1.29. The molecule has 2 nitrogen and oxygen atoms in total. The number of benzene rings is 1. The van der Waals surface area contributed by atoms with Gasteiger partial charge in [-0.05, 0) is 68.2 Å². The van der Waals surface area contributed by atoms with E-state index < -0.39 is 0 Å². The highest BCUT2D eigenvalue weighted by atomic mass is 127. The van der Waals surface area contributed by atoms with Gasteiger partial charge in [-0.3, -0.25) is 0 Å². The molecule has 0 fully saturated rings. The zero-order valence-electron chi connectivity index (χ0n) is 10.5. The smallest absolute Gasteiger partial charge is 0.0294 e. The van der Waals surface area contributed by atoms with Gasteiger partial charge in [0.15, 0.2) is 0 Å². The molecule has 0 radical (unpaired) electrons. The first-order valence-corrected chi connectivity index (χ1v) is 6.73. The first kappa shape index (κ1) is 13.9. The third kappa shape index (κ3) is 4.80. The van der Waals surface area contributed by atoms with Crippen molar-refractivity contribution >= 4 is 22.6 Å². The van der Waals surface area contributed by atoms with E-state index in [0.717, 1.165) is 6.54 Å². The van der Waals surface area contributed by atoms with Crippen LogP contribution in [0.15, 0.2) is 24.3 Å². The molecule has 16 heavy (non-hydrogen) atoms. The molecule has 0 aromatic heterocycles. The van der Waals surface area contributed by atoms with E-state index in [1.165, 1.54) is 9.13 Å². The molecule has 3 heteroatoms. The van der Waals surface area contributed by atoms with E-state index in [9.17, 15) is 0 Å². The molecule has 1 aromatic rings. The molecular formula is C13H21IN2. The topological polar surface area (TPSA) is 15.3 Å². The Morgan fingerprint density at radius 2 is 1.75 bits per heavy atom. The van der Waals surface area contributed by atoms with Crippen molar-refractivity contribution in [3.05, 3.63) is 33.4 Å². The molecule has 2 unspecified atom stereocenters. The van der Waals surface area contributed by atoms with Crippen LogP contribution in [0, 0.1) is 3.57 Å². The third-order valence-corrected chi connectivity index (χ3v) is 3.26. The minimum absolute atomic E-state index is 0.409. The van der Waals surface area contributed by atoms with E-state index in [2.05, 4.69) is 85.0 Å². The summed E-state index contributed by atoms with van der Waals surface area (Å²) in [5.74, 6) is 0. The van der Waals surface area contributed by atoms with E-state index in [-0.39, 0.29) is 0 Å². The van der Waals surface area contributed by atoms with Gasteiger partial charge in [-0.1, -0.05) is 12.1 Å². The zero-order chi connectivity index (χ0) is 12.1. The molecule has 0 bridgehead atoms. The van der Waals surface area contributed by atoms with E-state index in [1.807, 2.05) is 0 Å². The SMILES string of the molecule is CC(CN(C)C)NC(C)c1ccc(I)cc1. The first-order valence-electron chi connectivity index (χ1n) is 5.65. The summed E-state index contributed by atoms with van der Waals surface area (Å²) >= 11 is 2.33. The number of nitrogens with one attached hydrogen (secondary N) is 1. The van der Waals surface area contributed by atoms with Crippen LogP contribution in [0.4, 0.5) is 0 Å². The Balaban J connectivity index is 2.51. The maximum Gasteiger partial charge on any atom is 0.0294 e. The average Bonchev–Trinajstić information content (AvgIpc) is 2.16. The quantitative estimate of drug-likeness (QED) is 0.834. The van der Waals surface area contributed by atoms with Crippen LogP contribution in [0.1, 0.15) is 25.5 Å². The first-order chi connectivity index (χ1) is 7.49. The molecule has 0 aliphatic carbocycles. The van der Waals surface area contributed by atoms with Gasteiger partial charge in [0, 0.05) is 22.2 Å². The van der Waals surface area contributed by atoms with Crippen molar-refractivity contribution in [1.29, 1.82) is 0 Å². The summed E-state index contributed by atoms with van der Waals surface area (Å²) in [5, 5.41) is 3.60. The largest absolute Gasteiger partial charge is 0.308 e. The van der Waals surface area contributed by atoms with Crippen molar-refractivity contribution in [3.63, 3.8) is 0 Å². The van der Waals surface area contributed by atoms with Crippen LogP contribution in [0.2, 0.25) is 0 Å². The fourth-order valence-corrected chi connectivity index (χ4v) is 2.23. The highest BCUT2D eigenvalue weighted by Gasteiger charge is 2.09. The second-order valence-corrected chi connectivity index (χ2v) is 5.85. The van der Waals surface area contributed by atoms with E-state index in [4.69, 9.17) is 0 Å². The second-order valence-electron chi connectivity index (χ2n) is 4.60. The van der Waals surface area contributed by atoms with Gasteiger partial charge in [0.25, 0.3) is 0 Å². The number of halogens is 1. The fraction of sp³-hybridized carbons (Fsp3) is 0.538. The van der Waals surface area contributed by atoms with E-state index >= 15 is 0 Å². The Bertz CT molecular complexity index is 308. The lowest BCUT2D eigenvalue weighted by Crippen LogP contribution is -2.37. The maximum atomic E-state index is 3.60. The summed E-state index contributed by atoms with van der Waals surface area (Å²) in [4.78, 5) is 2.21. The van der Waals surface area contributed by atoms with Gasteiger partial charge in [0.1, 0.15) is 0 Å². The van der Waals surface area contributed by atoms with Crippen molar-refractivity contribution in [2.24, 2.45) is 0 Å². The number of nitrogens with zero attached hydrogens (tertiary/aromatic N) is 1. The van der Waals surface area contributed by atoms with Crippen LogP contribution in [0.25, 0.3) is 0 Å². The van der Waals surface area contributed by atoms with Crippen LogP contribution in [-0.4, -0.2) is 31.6 Å². The molecule has 0 aliphatic rings. The number of likely N-dealkylation sites (N-methyl/N-ethyl adjacent to an activating group) is 1. The Kier molecular flexibility index (Phi) is 5.72. The molecule has 0 heterocycles. The third-order valence-electron chi connectivity index (χ3n) is 2.54. The molecule has 1 rings (SSSR count). The molecule has 2 atom stereocenters. The Hall–Kier alpha value is -0.130. The predicted octanol–water partition coefficient (Wildman–Crippen LogP) is 2.89. The van der Waals surface area contributed by atoms with Gasteiger partial charge in [-0.2, -0.15) is 0 Å². The van der Waals surface area contributed by atoms with Gasteiger partial charge in [-0.15, -0.1) is 0 Å². The molecule has 1 aromatic carbocycles. The zero-order valence-corrected chi connectivity index (χ0v) is 12.7. The van der Waals surface area contributed by atoms with Crippen LogP contribution in [0.3, 0.4) is 0 Å². The van der Waals surface area contributed by atoms with Crippen LogP contribution < -0.4 is 5.32 Å². The summed E-state index contributed by atoms with van der Waals surface area (Å²) in [7, 11) is 4.21. The number of hydrogen-bond acceptors (Lipinski definition) is 2. The van der Waals surface area contributed by atoms with Gasteiger partial charge in [0.2, 0.25) is 0 Å².